The minimum atomic E-state index is -4.03. The summed E-state index contributed by atoms with van der Waals surface area (Å²) in [5, 5.41) is 2.80. The predicted octanol–water partition coefficient (Wildman–Crippen LogP) is 4.20. The zero-order valence-electron chi connectivity index (χ0n) is 18.7. The molecule has 1 heterocycles. The van der Waals surface area contributed by atoms with Gasteiger partial charge in [-0.1, -0.05) is 18.2 Å². The maximum atomic E-state index is 13.1. The molecule has 0 spiro atoms. The van der Waals surface area contributed by atoms with Gasteiger partial charge in [-0.25, -0.2) is 8.42 Å². The van der Waals surface area contributed by atoms with E-state index >= 15 is 0 Å². The topological polar surface area (TPSA) is 103 Å². The van der Waals surface area contributed by atoms with Crippen LogP contribution in [0.2, 0.25) is 0 Å². The van der Waals surface area contributed by atoms with Crippen LogP contribution in [0.15, 0.2) is 77.7 Å². The van der Waals surface area contributed by atoms with Crippen LogP contribution in [0.3, 0.4) is 0 Å². The van der Waals surface area contributed by atoms with E-state index in [0.717, 1.165) is 12.8 Å². The maximum absolute atomic E-state index is 13.1. The number of hydrogen-bond acceptors (Lipinski definition) is 6. The number of para-hydroxylation sites is 1. The normalized spacial score (nSPS) is 15.5. The molecular formula is C25H26N2O6S. The molecule has 4 rings (SSSR count). The minimum absolute atomic E-state index is 0.0130. The van der Waals surface area contributed by atoms with E-state index in [1.165, 1.54) is 25.3 Å². The minimum Gasteiger partial charge on any atom is -0.495 e. The number of rotatable bonds is 9. The van der Waals surface area contributed by atoms with E-state index in [1.54, 1.807) is 24.3 Å². The molecule has 1 amide bonds. The number of anilines is 1. The number of carbonyl (C=O) groups is 1. The van der Waals surface area contributed by atoms with Crippen LogP contribution in [0.4, 0.5) is 5.69 Å². The molecule has 0 aromatic heterocycles. The van der Waals surface area contributed by atoms with Crippen LogP contribution in [0.1, 0.15) is 23.2 Å². The molecule has 1 aliphatic heterocycles. The van der Waals surface area contributed by atoms with Crippen LogP contribution in [-0.4, -0.2) is 40.7 Å². The van der Waals surface area contributed by atoms with Crippen LogP contribution in [0.5, 0.6) is 17.2 Å². The number of benzene rings is 3. The molecular weight excluding hydrogens is 456 g/mol. The summed E-state index contributed by atoms with van der Waals surface area (Å²) in [6, 6.07) is 20.1. The summed E-state index contributed by atoms with van der Waals surface area (Å²) in [6.45, 7) is 1.07. The van der Waals surface area contributed by atoms with Crippen LogP contribution in [0, 0.1) is 0 Å². The summed E-state index contributed by atoms with van der Waals surface area (Å²) in [5.74, 6) is 0.996. The fourth-order valence-electron chi connectivity index (χ4n) is 3.57. The molecule has 1 fully saturated rings. The summed E-state index contributed by atoms with van der Waals surface area (Å²) in [7, 11) is -2.66. The first-order chi connectivity index (χ1) is 16.4. The van der Waals surface area contributed by atoms with Gasteiger partial charge in [0.2, 0.25) is 0 Å². The highest BCUT2D eigenvalue weighted by Gasteiger charge is 2.23. The molecule has 178 valence electrons. The van der Waals surface area contributed by atoms with Gasteiger partial charge in [0.05, 0.1) is 13.2 Å². The zero-order chi connectivity index (χ0) is 24.0. The molecule has 1 aliphatic rings. The molecule has 3 aromatic carbocycles. The molecule has 0 aliphatic carbocycles. The number of carbonyl (C=O) groups excluding carboxylic acids is 1. The third kappa shape index (κ3) is 5.86. The fraction of sp³-hybridized carbons (Fsp3) is 0.240. The van der Waals surface area contributed by atoms with Gasteiger partial charge in [-0.05, 0) is 67.4 Å². The molecule has 8 nitrogen and oxygen atoms in total. The lowest BCUT2D eigenvalue weighted by Gasteiger charge is -2.14. The Morgan fingerprint density at radius 3 is 2.44 bits per heavy atom. The molecule has 0 bridgehead atoms. The molecule has 9 heteroatoms. The van der Waals surface area contributed by atoms with Gasteiger partial charge < -0.3 is 19.5 Å². The lowest BCUT2D eigenvalue weighted by Crippen LogP contribution is -2.31. The lowest BCUT2D eigenvalue weighted by molar-refractivity contribution is 0.0857. The van der Waals surface area contributed by atoms with E-state index in [-0.39, 0.29) is 28.2 Å². The Hall–Kier alpha value is -3.56. The van der Waals surface area contributed by atoms with Gasteiger partial charge in [-0.2, -0.15) is 0 Å². The van der Waals surface area contributed by atoms with Crippen molar-refractivity contribution in [1.82, 2.24) is 5.32 Å². The Morgan fingerprint density at radius 2 is 1.76 bits per heavy atom. The third-order valence-electron chi connectivity index (χ3n) is 5.32. The zero-order valence-corrected chi connectivity index (χ0v) is 19.5. The van der Waals surface area contributed by atoms with Crippen molar-refractivity contribution in [3.63, 3.8) is 0 Å². The summed E-state index contributed by atoms with van der Waals surface area (Å²) in [6.07, 6.45) is 1.85. The highest BCUT2D eigenvalue weighted by Crippen LogP contribution is 2.28. The molecule has 1 atom stereocenters. The number of nitrogens with one attached hydrogen (secondary N) is 2. The van der Waals surface area contributed by atoms with Crippen molar-refractivity contribution in [3.8, 4) is 17.2 Å². The second-order valence-electron chi connectivity index (χ2n) is 7.76. The summed E-state index contributed by atoms with van der Waals surface area (Å²) in [5.41, 5.74) is 0.557. The van der Waals surface area contributed by atoms with Gasteiger partial charge >= 0.3 is 0 Å². The van der Waals surface area contributed by atoms with E-state index in [9.17, 15) is 13.2 Å². The van der Waals surface area contributed by atoms with Crippen molar-refractivity contribution in [2.45, 2.75) is 23.8 Å². The predicted molar refractivity (Wildman–Crippen MR) is 128 cm³/mol. The standard InChI is InChI=1S/C25H26N2O6S/c1-31-23-14-9-18(25(28)26-17-22-8-5-15-32-22)16-24(23)34(29,30)27-19-10-12-21(13-11-19)33-20-6-3-2-4-7-20/h2-4,6-7,9-14,16,22,27H,5,8,15,17H2,1H3,(H,26,28)/t22-/m1/s1. The fourth-order valence-corrected chi connectivity index (χ4v) is 4.82. The number of amides is 1. The van der Waals surface area contributed by atoms with Gasteiger partial charge in [-0.15, -0.1) is 0 Å². The molecule has 0 saturated carbocycles. The SMILES string of the molecule is COc1ccc(C(=O)NC[C@H]2CCCO2)cc1S(=O)(=O)Nc1ccc(Oc2ccccc2)cc1. The molecule has 0 radical (unpaired) electrons. The smallest absolute Gasteiger partial charge is 0.265 e. The van der Waals surface area contributed by atoms with Crippen molar-refractivity contribution in [2.75, 3.05) is 25.0 Å². The van der Waals surface area contributed by atoms with Crippen molar-refractivity contribution < 1.29 is 27.4 Å². The van der Waals surface area contributed by atoms with Crippen LogP contribution >= 0.6 is 0 Å². The van der Waals surface area contributed by atoms with Gasteiger partial charge in [0, 0.05) is 24.4 Å². The average molecular weight is 483 g/mol. The number of sulfonamides is 1. The van der Waals surface area contributed by atoms with Crippen molar-refractivity contribution >= 4 is 21.6 Å². The van der Waals surface area contributed by atoms with E-state index in [2.05, 4.69) is 10.0 Å². The molecule has 0 unspecified atom stereocenters. The first kappa shape index (κ1) is 23.6. The van der Waals surface area contributed by atoms with Crippen molar-refractivity contribution in [1.29, 1.82) is 0 Å². The summed E-state index contributed by atoms with van der Waals surface area (Å²) >= 11 is 0. The monoisotopic (exact) mass is 482 g/mol. The van der Waals surface area contributed by atoms with Crippen molar-refractivity contribution in [3.05, 3.63) is 78.4 Å². The Kier molecular flexibility index (Phi) is 7.34. The van der Waals surface area contributed by atoms with Gasteiger partial charge in [0.25, 0.3) is 15.9 Å². The van der Waals surface area contributed by atoms with E-state index in [1.807, 2.05) is 30.3 Å². The van der Waals surface area contributed by atoms with Crippen LogP contribution < -0.4 is 19.5 Å². The second kappa shape index (κ2) is 10.6. The van der Waals surface area contributed by atoms with Crippen LogP contribution in [0.25, 0.3) is 0 Å². The summed E-state index contributed by atoms with van der Waals surface area (Å²) < 4.78 is 45.3. The quantitative estimate of drug-likeness (QED) is 0.474. The lowest BCUT2D eigenvalue weighted by atomic mass is 10.2. The average Bonchev–Trinajstić information content (AvgIpc) is 3.37. The molecule has 34 heavy (non-hydrogen) atoms. The first-order valence-electron chi connectivity index (χ1n) is 10.9. The van der Waals surface area contributed by atoms with E-state index < -0.39 is 10.0 Å². The number of methoxy groups -OCH3 is 1. The Bertz CT molecular complexity index is 1220. The highest BCUT2D eigenvalue weighted by molar-refractivity contribution is 7.92. The molecule has 1 saturated heterocycles. The largest absolute Gasteiger partial charge is 0.495 e. The third-order valence-corrected chi connectivity index (χ3v) is 6.72. The van der Waals surface area contributed by atoms with E-state index in [0.29, 0.717) is 30.3 Å². The van der Waals surface area contributed by atoms with E-state index in [4.69, 9.17) is 14.2 Å². The Labute approximate surface area is 198 Å². The van der Waals surface area contributed by atoms with Gasteiger partial charge in [0.1, 0.15) is 22.1 Å². The number of hydrogen-bond donors (Lipinski definition) is 2. The molecule has 3 aromatic rings. The highest BCUT2D eigenvalue weighted by atomic mass is 32.2. The summed E-state index contributed by atoms with van der Waals surface area (Å²) in [4.78, 5) is 12.5. The van der Waals surface area contributed by atoms with Gasteiger partial charge in [-0.3, -0.25) is 9.52 Å². The van der Waals surface area contributed by atoms with Gasteiger partial charge in [0.15, 0.2) is 0 Å². The Balaban J connectivity index is 1.48. The Morgan fingerprint density at radius 1 is 1.03 bits per heavy atom. The first-order valence-corrected chi connectivity index (χ1v) is 12.4. The number of ether oxygens (including phenoxy) is 3. The maximum Gasteiger partial charge on any atom is 0.265 e. The molecule has 2 N–H and O–H groups in total. The second-order valence-corrected chi connectivity index (χ2v) is 9.41. The van der Waals surface area contributed by atoms with Crippen molar-refractivity contribution in [2.24, 2.45) is 0 Å². The van der Waals surface area contributed by atoms with Crippen LogP contribution in [-0.2, 0) is 14.8 Å².